The highest BCUT2D eigenvalue weighted by molar-refractivity contribution is 5.92. The first-order valence-electron chi connectivity index (χ1n) is 6.02. The minimum atomic E-state index is -0.468. The number of esters is 1. The van der Waals surface area contributed by atoms with E-state index in [4.69, 9.17) is 5.73 Å². The smallest absolute Gasteiger partial charge is 0.337 e. The van der Waals surface area contributed by atoms with Gasteiger partial charge in [0, 0.05) is 0 Å². The van der Waals surface area contributed by atoms with Crippen LogP contribution in [0.4, 0.5) is 21.5 Å². The number of nitrogens with one attached hydrogen (secondary N) is 1. The highest BCUT2D eigenvalue weighted by atomic mass is 19.1. The maximum Gasteiger partial charge on any atom is 0.337 e. The fraction of sp³-hybridized carbons (Fsp3) is 0.133. The zero-order chi connectivity index (χ0) is 14.7. The van der Waals surface area contributed by atoms with E-state index in [1.165, 1.54) is 19.2 Å². The zero-order valence-corrected chi connectivity index (χ0v) is 11.2. The van der Waals surface area contributed by atoms with Gasteiger partial charge in [0.2, 0.25) is 0 Å². The maximum atomic E-state index is 13.7. The van der Waals surface area contributed by atoms with Gasteiger partial charge < -0.3 is 15.8 Å². The molecule has 2 rings (SSSR count). The standard InChI is InChI=1S/C15H15FN2O2/c1-9-3-5-11(16)14(7-9)18-13-6-4-10(8-12(13)17)15(19)20-2/h3-8,18H,17H2,1-2H3. The van der Waals surface area contributed by atoms with Crippen LogP contribution in [0.1, 0.15) is 15.9 Å². The SMILES string of the molecule is COC(=O)c1ccc(Nc2cc(C)ccc2F)c(N)c1. The van der Waals surface area contributed by atoms with E-state index < -0.39 is 5.97 Å². The van der Waals surface area contributed by atoms with Crippen LogP contribution in [0.15, 0.2) is 36.4 Å². The van der Waals surface area contributed by atoms with Gasteiger partial charge in [0.25, 0.3) is 0 Å². The Kier molecular flexibility index (Phi) is 3.89. The third-order valence-corrected chi connectivity index (χ3v) is 2.86. The number of hydrogen-bond acceptors (Lipinski definition) is 4. The van der Waals surface area contributed by atoms with Gasteiger partial charge >= 0.3 is 5.97 Å². The number of carbonyl (C=O) groups is 1. The molecule has 0 amide bonds. The Morgan fingerprint density at radius 2 is 1.95 bits per heavy atom. The average molecular weight is 274 g/mol. The molecule has 0 radical (unpaired) electrons. The first kappa shape index (κ1) is 13.9. The normalized spacial score (nSPS) is 10.2. The van der Waals surface area contributed by atoms with E-state index in [1.54, 1.807) is 24.3 Å². The Hall–Kier alpha value is -2.56. The topological polar surface area (TPSA) is 64.3 Å². The minimum Gasteiger partial charge on any atom is -0.465 e. The van der Waals surface area contributed by atoms with Crippen molar-refractivity contribution >= 4 is 23.0 Å². The number of ether oxygens (including phenoxy) is 1. The molecular formula is C15H15FN2O2. The Labute approximate surface area is 116 Å². The first-order valence-corrected chi connectivity index (χ1v) is 6.02. The number of nitrogens with two attached hydrogens (primary N) is 1. The van der Waals surface area contributed by atoms with Gasteiger partial charge in [0.15, 0.2) is 0 Å². The third-order valence-electron chi connectivity index (χ3n) is 2.86. The first-order chi connectivity index (χ1) is 9.51. The Balaban J connectivity index is 2.30. The predicted molar refractivity (Wildman–Crippen MR) is 76.6 cm³/mol. The lowest BCUT2D eigenvalue weighted by Crippen LogP contribution is -2.04. The molecule has 20 heavy (non-hydrogen) atoms. The summed E-state index contributed by atoms with van der Waals surface area (Å²) < 4.78 is 18.3. The summed E-state index contributed by atoms with van der Waals surface area (Å²) in [5.41, 5.74) is 8.34. The summed E-state index contributed by atoms with van der Waals surface area (Å²) in [7, 11) is 1.30. The van der Waals surface area contributed by atoms with E-state index >= 15 is 0 Å². The number of aryl methyl sites for hydroxylation is 1. The van der Waals surface area contributed by atoms with E-state index in [0.717, 1.165) is 5.56 Å². The van der Waals surface area contributed by atoms with Crippen LogP contribution in [0.25, 0.3) is 0 Å². The summed E-state index contributed by atoms with van der Waals surface area (Å²) in [5.74, 6) is -0.836. The van der Waals surface area contributed by atoms with Gasteiger partial charge in [0.05, 0.1) is 29.7 Å². The summed E-state index contributed by atoms with van der Waals surface area (Å²) >= 11 is 0. The second kappa shape index (κ2) is 5.61. The van der Waals surface area contributed by atoms with Crippen LogP contribution in [0.2, 0.25) is 0 Å². The maximum absolute atomic E-state index is 13.7. The summed E-state index contributed by atoms with van der Waals surface area (Å²) in [5, 5.41) is 2.91. The van der Waals surface area contributed by atoms with Crippen molar-refractivity contribution in [1.82, 2.24) is 0 Å². The van der Waals surface area contributed by atoms with Crippen LogP contribution in [-0.4, -0.2) is 13.1 Å². The molecule has 5 heteroatoms. The number of hydrogen-bond donors (Lipinski definition) is 2. The monoisotopic (exact) mass is 274 g/mol. The molecule has 3 N–H and O–H groups in total. The molecule has 104 valence electrons. The highest BCUT2D eigenvalue weighted by Crippen LogP contribution is 2.26. The number of methoxy groups -OCH3 is 1. The van der Waals surface area contributed by atoms with E-state index in [-0.39, 0.29) is 5.82 Å². The molecule has 0 aromatic heterocycles. The number of carbonyl (C=O) groups excluding carboxylic acids is 1. The Bertz CT molecular complexity index is 656. The Morgan fingerprint density at radius 3 is 2.60 bits per heavy atom. The van der Waals surface area contributed by atoms with Crippen LogP contribution < -0.4 is 11.1 Å². The number of nitrogen functional groups attached to an aromatic ring is 1. The summed E-state index contributed by atoms with van der Waals surface area (Å²) in [6.45, 7) is 1.87. The molecule has 0 aliphatic rings. The van der Waals surface area contributed by atoms with Crippen LogP contribution in [0, 0.1) is 12.7 Å². The molecule has 4 nitrogen and oxygen atoms in total. The minimum absolute atomic E-state index is 0.336. The van der Waals surface area contributed by atoms with Crippen LogP contribution >= 0.6 is 0 Å². The van der Waals surface area contributed by atoms with Crippen molar-refractivity contribution in [2.45, 2.75) is 6.92 Å². The number of anilines is 3. The quantitative estimate of drug-likeness (QED) is 0.666. The second-order valence-corrected chi connectivity index (χ2v) is 4.40. The molecule has 0 saturated heterocycles. The molecular weight excluding hydrogens is 259 g/mol. The van der Waals surface area contributed by atoms with Crippen molar-refractivity contribution in [1.29, 1.82) is 0 Å². The molecule has 2 aromatic rings. The third kappa shape index (κ3) is 2.88. The van der Waals surface area contributed by atoms with Crippen molar-refractivity contribution in [2.24, 2.45) is 0 Å². The van der Waals surface area contributed by atoms with Crippen LogP contribution in [0.3, 0.4) is 0 Å². The van der Waals surface area contributed by atoms with E-state index in [1.807, 2.05) is 6.92 Å². The number of rotatable bonds is 3. The molecule has 2 aromatic carbocycles. The molecule has 0 saturated carbocycles. The lowest BCUT2D eigenvalue weighted by Gasteiger charge is -2.11. The van der Waals surface area contributed by atoms with E-state index in [0.29, 0.717) is 22.6 Å². The summed E-state index contributed by atoms with van der Waals surface area (Å²) in [4.78, 5) is 11.4. The van der Waals surface area contributed by atoms with Gasteiger partial charge in [-0.15, -0.1) is 0 Å². The van der Waals surface area contributed by atoms with Gasteiger partial charge in [-0.3, -0.25) is 0 Å². The molecule has 0 spiro atoms. The Morgan fingerprint density at radius 1 is 1.20 bits per heavy atom. The van der Waals surface area contributed by atoms with Gasteiger partial charge in [0.1, 0.15) is 5.82 Å². The summed E-state index contributed by atoms with van der Waals surface area (Å²) in [6, 6.07) is 9.42. The van der Waals surface area contributed by atoms with E-state index in [9.17, 15) is 9.18 Å². The van der Waals surface area contributed by atoms with E-state index in [2.05, 4.69) is 10.1 Å². The average Bonchev–Trinajstić information content (AvgIpc) is 2.44. The van der Waals surface area contributed by atoms with Crippen molar-refractivity contribution in [2.75, 3.05) is 18.2 Å². The van der Waals surface area contributed by atoms with Crippen LogP contribution in [0.5, 0.6) is 0 Å². The predicted octanol–water partition coefficient (Wildman–Crippen LogP) is 3.25. The van der Waals surface area contributed by atoms with Crippen molar-refractivity contribution in [3.8, 4) is 0 Å². The fourth-order valence-corrected chi connectivity index (χ4v) is 1.80. The lowest BCUT2D eigenvalue weighted by molar-refractivity contribution is 0.0601. The second-order valence-electron chi connectivity index (χ2n) is 4.40. The molecule has 0 unspecified atom stereocenters. The fourth-order valence-electron chi connectivity index (χ4n) is 1.80. The molecule has 0 bridgehead atoms. The van der Waals surface area contributed by atoms with Gasteiger partial charge in [-0.05, 0) is 42.8 Å². The zero-order valence-electron chi connectivity index (χ0n) is 11.2. The lowest BCUT2D eigenvalue weighted by atomic mass is 10.1. The van der Waals surface area contributed by atoms with Gasteiger partial charge in [-0.1, -0.05) is 6.07 Å². The summed E-state index contributed by atoms with van der Waals surface area (Å²) in [6.07, 6.45) is 0. The number of benzene rings is 2. The molecule has 0 heterocycles. The number of halogens is 1. The highest BCUT2D eigenvalue weighted by Gasteiger charge is 2.09. The largest absolute Gasteiger partial charge is 0.465 e. The van der Waals surface area contributed by atoms with Crippen molar-refractivity contribution in [3.63, 3.8) is 0 Å². The van der Waals surface area contributed by atoms with Gasteiger partial charge in [-0.2, -0.15) is 0 Å². The molecule has 0 atom stereocenters. The molecule has 0 aliphatic heterocycles. The van der Waals surface area contributed by atoms with Crippen LogP contribution in [-0.2, 0) is 4.74 Å². The van der Waals surface area contributed by atoms with Crippen molar-refractivity contribution < 1.29 is 13.9 Å². The van der Waals surface area contributed by atoms with Gasteiger partial charge in [-0.25, -0.2) is 9.18 Å². The van der Waals surface area contributed by atoms with Crippen molar-refractivity contribution in [3.05, 3.63) is 53.3 Å². The molecule has 0 fully saturated rings. The molecule has 0 aliphatic carbocycles.